The molecule has 1 aliphatic heterocycles. The van der Waals surface area contributed by atoms with Crippen LogP contribution < -0.4 is 10.2 Å². The Labute approximate surface area is 106 Å². The van der Waals surface area contributed by atoms with Gasteiger partial charge < -0.3 is 14.7 Å². The summed E-state index contributed by atoms with van der Waals surface area (Å²) < 4.78 is 5.35. The van der Waals surface area contributed by atoms with Crippen molar-refractivity contribution in [1.29, 1.82) is 0 Å². The molecule has 0 saturated carbocycles. The highest BCUT2D eigenvalue weighted by molar-refractivity contribution is 5.62. The van der Waals surface area contributed by atoms with Crippen LogP contribution >= 0.6 is 0 Å². The predicted molar refractivity (Wildman–Crippen MR) is 69.5 cm³/mol. The average Bonchev–Trinajstić information content (AvgIpc) is 2.87. The van der Waals surface area contributed by atoms with E-state index in [2.05, 4.69) is 27.6 Å². The van der Waals surface area contributed by atoms with Gasteiger partial charge in [0.25, 0.3) is 11.8 Å². The highest BCUT2D eigenvalue weighted by Gasteiger charge is 2.18. The SMILES string of the molecule is CN(C)c1noc(-c2cccc3c2CCNC3)n1. The molecule has 2 aromatic rings. The normalized spacial score (nSPS) is 14.3. The van der Waals surface area contributed by atoms with Crippen molar-refractivity contribution in [2.24, 2.45) is 0 Å². The van der Waals surface area contributed by atoms with E-state index in [0.717, 1.165) is 25.1 Å². The third kappa shape index (κ3) is 1.86. The van der Waals surface area contributed by atoms with E-state index in [1.54, 1.807) is 0 Å². The van der Waals surface area contributed by atoms with Crippen molar-refractivity contribution in [3.05, 3.63) is 29.3 Å². The lowest BCUT2D eigenvalue weighted by atomic mass is 9.95. The second-order valence-corrected chi connectivity index (χ2v) is 4.66. The van der Waals surface area contributed by atoms with Gasteiger partial charge in [-0.05, 0) is 35.3 Å². The molecule has 1 N–H and O–H groups in total. The second kappa shape index (κ2) is 4.42. The highest BCUT2D eigenvalue weighted by atomic mass is 16.5. The molecule has 1 aromatic heterocycles. The van der Waals surface area contributed by atoms with Crippen LogP contribution in [0.3, 0.4) is 0 Å². The molecule has 0 unspecified atom stereocenters. The Hall–Kier alpha value is -1.88. The number of nitrogens with one attached hydrogen (secondary N) is 1. The summed E-state index contributed by atoms with van der Waals surface area (Å²) in [6, 6.07) is 6.24. The van der Waals surface area contributed by atoms with Crippen molar-refractivity contribution in [2.75, 3.05) is 25.5 Å². The molecule has 2 heterocycles. The summed E-state index contributed by atoms with van der Waals surface area (Å²) in [7, 11) is 3.80. The van der Waals surface area contributed by atoms with Gasteiger partial charge in [-0.1, -0.05) is 12.1 Å². The molecule has 0 amide bonds. The van der Waals surface area contributed by atoms with Crippen molar-refractivity contribution in [3.8, 4) is 11.5 Å². The summed E-state index contributed by atoms with van der Waals surface area (Å²) in [5, 5.41) is 7.33. The zero-order chi connectivity index (χ0) is 12.5. The summed E-state index contributed by atoms with van der Waals surface area (Å²) in [6.45, 7) is 1.91. The lowest BCUT2D eigenvalue weighted by Gasteiger charge is -2.18. The number of aromatic nitrogens is 2. The van der Waals surface area contributed by atoms with Gasteiger partial charge in [0, 0.05) is 26.2 Å². The first kappa shape index (κ1) is 11.2. The Morgan fingerprint density at radius 3 is 3.00 bits per heavy atom. The molecule has 0 aliphatic carbocycles. The minimum atomic E-state index is 0.608. The van der Waals surface area contributed by atoms with Crippen molar-refractivity contribution in [2.45, 2.75) is 13.0 Å². The number of rotatable bonds is 2. The van der Waals surface area contributed by atoms with Gasteiger partial charge in [-0.15, -0.1) is 0 Å². The molecule has 18 heavy (non-hydrogen) atoms. The summed E-state index contributed by atoms with van der Waals surface area (Å²) in [5.74, 6) is 1.22. The number of nitrogens with zero attached hydrogens (tertiary/aromatic N) is 3. The largest absolute Gasteiger partial charge is 0.344 e. The van der Waals surface area contributed by atoms with Gasteiger partial charge in [-0.3, -0.25) is 0 Å². The van der Waals surface area contributed by atoms with Crippen LogP contribution in [0.25, 0.3) is 11.5 Å². The average molecular weight is 244 g/mol. The third-order valence-electron chi connectivity index (χ3n) is 3.19. The lowest BCUT2D eigenvalue weighted by molar-refractivity contribution is 0.430. The van der Waals surface area contributed by atoms with E-state index < -0.39 is 0 Å². The summed E-state index contributed by atoms with van der Waals surface area (Å²) in [5.41, 5.74) is 3.71. The van der Waals surface area contributed by atoms with E-state index in [1.165, 1.54) is 11.1 Å². The Kier molecular flexibility index (Phi) is 2.76. The Morgan fingerprint density at radius 1 is 1.33 bits per heavy atom. The van der Waals surface area contributed by atoms with Gasteiger partial charge >= 0.3 is 0 Å². The van der Waals surface area contributed by atoms with Crippen LogP contribution in [0.2, 0.25) is 0 Å². The second-order valence-electron chi connectivity index (χ2n) is 4.66. The smallest absolute Gasteiger partial charge is 0.265 e. The van der Waals surface area contributed by atoms with E-state index in [4.69, 9.17) is 4.52 Å². The van der Waals surface area contributed by atoms with Crippen LogP contribution in [-0.4, -0.2) is 30.8 Å². The summed E-state index contributed by atoms with van der Waals surface area (Å²) in [4.78, 5) is 6.25. The molecule has 5 heteroatoms. The van der Waals surface area contributed by atoms with E-state index in [0.29, 0.717) is 11.8 Å². The molecule has 0 fully saturated rings. The van der Waals surface area contributed by atoms with Crippen molar-refractivity contribution < 1.29 is 4.52 Å². The van der Waals surface area contributed by atoms with E-state index in [-0.39, 0.29) is 0 Å². The van der Waals surface area contributed by atoms with Crippen molar-refractivity contribution in [3.63, 3.8) is 0 Å². The maximum atomic E-state index is 5.35. The molecule has 94 valence electrons. The first-order valence-corrected chi connectivity index (χ1v) is 6.08. The van der Waals surface area contributed by atoms with Crippen molar-refractivity contribution in [1.82, 2.24) is 15.5 Å². The zero-order valence-corrected chi connectivity index (χ0v) is 10.6. The van der Waals surface area contributed by atoms with Crippen molar-refractivity contribution >= 4 is 5.95 Å². The quantitative estimate of drug-likeness (QED) is 0.866. The van der Waals surface area contributed by atoms with Crippen LogP contribution in [0.1, 0.15) is 11.1 Å². The Morgan fingerprint density at radius 2 is 2.22 bits per heavy atom. The van der Waals surface area contributed by atoms with Gasteiger partial charge in [0.1, 0.15) is 0 Å². The van der Waals surface area contributed by atoms with E-state index in [9.17, 15) is 0 Å². The van der Waals surface area contributed by atoms with E-state index in [1.807, 2.05) is 25.1 Å². The molecule has 0 saturated heterocycles. The van der Waals surface area contributed by atoms with Crippen LogP contribution in [-0.2, 0) is 13.0 Å². The lowest BCUT2D eigenvalue weighted by Crippen LogP contribution is -2.24. The van der Waals surface area contributed by atoms with Gasteiger partial charge in [0.15, 0.2) is 0 Å². The number of hydrogen-bond acceptors (Lipinski definition) is 5. The molecular formula is C13H16N4O. The first-order chi connectivity index (χ1) is 8.75. The number of fused-ring (bicyclic) bond motifs is 1. The molecule has 3 rings (SSSR count). The molecule has 1 aliphatic rings. The summed E-state index contributed by atoms with van der Waals surface area (Å²) >= 11 is 0. The monoisotopic (exact) mass is 244 g/mol. The van der Waals surface area contributed by atoms with Gasteiger partial charge in [0.2, 0.25) is 0 Å². The van der Waals surface area contributed by atoms with Crippen LogP contribution in [0.4, 0.5) is 5.95 Å². The molecular weight excluding hydrogens is 228 g/mol. The van der Waals surface area contributed by atoms with Gasteiger partial charge in [-0.2, -0.15) is 4.98 Å². The third-order valence-corrected chi connectivity index (χ3v) is 3.19. The minimum absolute atomic E-state index is 0.608. The molecule has 0 atom stereocenters. The predicted octanol–water partition coefficient (Wildman–Crippen LogP) is 1.45. The maximum Gasteiger partial charge on any atom is 0.265 e. The van der Waals surface area contributed by atoms with Crippen LogP contribution in [0, 0.1) is 0 Å². The molecule has 1 aromatic carbocycles. The fourth-order valence-electron chi connectivity index (χ4n) is 2.24. The number of anilines is 1. The Bertz CT molecular complexity index is 562. The topological polar surface area (TPSA) is 54.2 Å². The van der Waals surface area contributed by atoms with Crippen LogP contribution in [0.15, 0.2) is 22.7 Å². The first-order valence-electron chi connectivity index (χ1n) is 6.08. The maximum absolute atomic E-state index is 5.35. The molecule has 5 nitrogen and oxygen atoms in total. The van der Waals surface area contributed by atoms with Gasteiger partial charge in [-0.25, -0.2) is 0 Å². The van der Waals surface area contributed by atoms with E-state index >= 15 is 0 Å². The fraction of sp³-hybridized carbons (Fsp3) is 0.385. The Balaban J connectivity index is 2.05. The highest BCUT2D eigenvalue weighted by Crippen LogP contribution is 2.28. The minimum Gasteiger partial charge on any atom is -0.344 e. The fourth-order valence-corrected chi connectivity index (χ4v) is 2.24. The number of benzene rings is 1. The summed E-state index contributed by atoms with van der Waals surface area (Å²) in [6.07, 6.45) is 1.01. The standard InChI is InChI=1S/C13H16N4O/c1-17(2)13-15-12(18-16-13)11-5-3-4-9-8-14-7-6-10(9)11/h3-5,14H,6-8H2,1-2H3. The molecule has 0 radical (unpaired) electrons. The molecule has 0 bridgehead atoms. The van der Waals surface area contributed by atoms with Crippen LogP contribution in [0.5, 0.6) is 0 Å². The zero-order valence-electron chi connectivity index (χ0n) is 10.6. The van der Waals surface area contributed by atoms with Gasteiger partial charge in [0.05, 0.1) is 0 Å². The molecule has 0 spiro atoms. The number of hydrogen-bond donors (Lipinski definition) is 1.